The highest BCUT2D eigenvalue weighted by Gasteiger charge is 2.40. The molecule has 1 heterocycles. The molecule has 1 saturated heterocycles. The minimum absolute atomic E-state index is 0.166. The van der Waals surface area contributed by atoms with Crippen LogP contribution in [0.15, 0.2) is 18.2 Å². The lowest BCUT2D eigenvalue weighted by Crippen LogP contribution is -2.46. The maximum absolute atomic E-state index is 14.5. The van der Waals surface area contributed by atoms with Crippen molar-refractivity contribution in [2.45, 2.75) is 51.6 Å². The first-order valence-electron chi connectivity index (χ1n) is 8.98. The number of rotatable bonds is 3. The lowest BCUT2D eigenvalue weighted by Gasteiger charge is -2.38. The first-order valence-corrected chi connectivity index (χ1v) is 8.98. The van der Waals surface area contributed by atoms with Crippen molar-refractivity contribution >= 4 is 12.1 Å². The van der Waals surface area contributed by atoms with Crippen LogP contribution < -0.4 is 0 Å². The Morgan fingerprint density at radius 2 is 1.93 bits per heavy atom. The van der Waals surface area contributed by atoms with Gasteiger partial charge in [-0.25, -0.2) is 14.0 Å². The first-order chi connectivity index (χ1) is 12.6. The van der Waals surface area contributed by atoms with Gasteiger partial charge in [-0.3, -0.25) is 0 Å². The molecule has 0 aliphatic carbocycles. The summed E-state index contributed by atoms with van der Waals surface area (Å²) in [5.41, 5.74) is -1.34. The summed E-state index contributed by atoms with van der Waals surface area (Å²) in [4.78, 5) is 25.7. The van der Waals surface area contributed by atoms with Crippen molar-refractivity contribution in [3.05, 3.63) is 35.1 Å². The number of likely N-dealkylation sites (tertiary alicyclic amines) is 1. The molecule has 0 N–H and O–H groups in total. The SMILES string of the molecule is CCOC(=O)c1ccc(F)c(C2(C#N)CCN(C(=O)OC(C)(C)C)CC2)c1. The van der Waals surface area contributed by atoms with E-state index in [1.54, 1.807) is 27.7 Å². The molecule has 1 fully saturated rings. The van der Waals surface area contributed by atoms with Crippen LogP contribution in [-0.4, -0.2) is 42.3 Å². The number of ether oxygens (including phenoxy) is 2. The third kappa shape index (κ3) is 4.76. The molecule has 0 radical (unpaired) electrons. The van der Waals surface area contributed by atoms with E-state index in [2.05, 4.69) is 6.07 Å². The van der Waals surface area contributed by atoms with Gasteiger partial charge in [0.25, 0.3) is 0 Å². The molecule has 27 heavy (non-hydrogen) atoms. The molecule has 6 nitrogen and oxygen atoms in total. The molecule has 0 spiro atoms. The Bertz CT molecular complexity index is 756. The molecular formula is C20H25FN2O4. The van der Waals surface area contributed by atoms with Crippen LogP contribution >= 0.6 is 0 Å². The van der Waals surface area contributed by atoms with Crippen molar-refractivity contribution in [1.82, 2.24) is 4.90 Å². The lowest BCUT2D eigenvalue weighted by atomic mass is 9.73. The first kappa shape index (κ1) is 20.7. The molecule has 1 aromatic carbocycles. The summed E-state index contributed by atoms with van der Waals surface area (Å²) in [6.45, 7) is 7.78. The molecular weight excluding hydrogens is 351 g/mol. The van der Waals surface area contributed by atoms with Crippen LogP contribution in [0.25, 0.3) is 0 Å². The van der Waals surface area contributed by atoms with Crippen molar-refractivity contribution in [3.8, 4) is 6.07 Å². The maximum atomic E-state index is 14.5. The standard InChI is InChI=1S/C20H25FN2O4/c1-5-26-17(24)14-6-7-16(21)15(12-14)20(13-22)8-10-23(11-9-20)18(25)27-19(2,3)4/h6-7,12H,5,8-11H2,1-4H3. The number of carbonyl (C=O) groups is 2. The third-order valence-electron chi connectivity index (χ3n) is 4.48. The van der Waals surface area contributed by atoms with Crippen molar-refractivity contribution in [2.75, 3.05) is 19.7 Å². The highest BCUT2D eigenvalue weighted by molar-refractivity contribution is 5.89. The number of halogens is 1. The highest BCUT2D eigenvalue weighted by atomic mass is 19.1. The second-order valence-electron chi connectivity index (χ2n) is 7.58. The predicted molar refractivity (Wildman–Crippen MR) is 96.7 cm³/mol. The Balaban J connectivity index is 2.23. The zero-order chi connectivity index (χ0) is 20.2. The van der Waals surface area contributed by atoms with Gasteiger partial charge in [0.2, 0.25) is 0 Å². The number of hydrogen-bond donors (Lipinski definition) is 0. The van der Waals surface area contributed by atoms with Gasteiger partial charge in [0.15, 0.2) is 0 Å². The number of amides is 1. The summed E-state index contributed by atoms with van der Waals surface area (Å²) in [7, 11) is 0. The number of carbonyl (C=O) groups excluding carboxylic acids is 2. The van der Waals surface area contributed by atoms with Gasteiger partial charge in [-0.1, -0.05) is 0 Å². The monoisotopic (exact) mass is 376 g/mol. The van der Waals surface area contributed by atoms with E-state index in [0.29, 0.717) is 0 Å². The Labute approximate surface area is 158 Å². The molecule has 146 valence electrons. The normalized spacial score (nSPS) is 16.4. The van der Waals surface area contributed by atoms with Crippen molar-refractivity contribution in [3.63, 3.8) is 0 Å². The quantitative estimate of drug-likeness (QED) is 0.750. The van der Waals surface area contributed by atoms with Crippen molar-refractivity contribution < 1.29 is 23.5 Å². The fourth-order valence-corrected chi connectivity index (χ4v) is 3.07. The molecule has 2 rings (SSSR count). The highest BCUT2D eigenvalue weighted by Crippen LogP contribution is 2.37. The maximum Gasteiger partial charge on any atom is 0.410 e. The van der Waals surface area contributed by atoms with E-state index in [4.69, 9.17) is 9.47 Å². The average Bonchev–Trinajstić information content (AvgIpc) is 2.61. The number of piperidine rings is 1. The van der Waals surface area contributed by atoms with Gasteiger partial charge in [0.1, 0.15) is 11.4 Å². The number of esters is 1. The van der Waals surface area contributed by atoms with Gasteiger partial charge in [0, 0.05) is 18.7 Å². The van der Waals surface area contributed by atoms with Crippen molar-refractivity contribution in [2.24, 2.45) is 0 Å². The Morgan fingerprint density at radius 3 is 2.44 bits per heavy atom. The zero-order valence-corrected chi connectivity index (χ0v) is 16.2. The minimum atomic E-state index is -1.11. The average molecular weight is 376 g/mol. The Hall–Kier alpha value is -2.62. The Kier molecular flexibility index (Phi) is 6.09. The second kappa shape index (κ2) is 7.95. The summed E-state index contributed by atoms with van der Waals surface area (Å²) in [6.07, 6.45) is 0.0625. The van der Waals surface area contributed by atoms with Gasteiger partial charge < -0.3 is 14.4 Å². The topological polar surface area (TPSA) is 79.6 Å². The van der Waals surface area contributed by atoms with Gasteiger partial charge in [-0.2, -0.15) is 5.26 Å². The molecule has 1 aliphatic rings. The molecule has 0 saturated carbocycles. The molecule has 0 atom stereocenters. The summed E-state index contributed by atoms with van der Waals surface area (Å²) in [5.74, 6) is -1.10. The number of nitrogens with zero attached hydrogens (tertiary/aromatic N) is 2. The van der Waals surface area contributed by atoms with Gasteiger partial charge in [-0.05, 0) is 58.7 Å². The van der Waals surface area contributed by atoms with E-state index < -0.39 is 28.9 Å². The summed E-state index contributed by atoms with van der Waals surface area (Å²) in [5, 5.41) is 9.80. The van der Waals surface area contributed by atoms with E-state index in [9.17, 15) is 19.2 Å². The van der Waals surface area contributed by atoms with Crippen LogP contribution in [-0.2, 0) is 14.9 Å². The van der Waals surface area contributed by atoms with Crippen LogP contribution in [0.5, 0.6) is 0 Å². The molecule has 7 heteroatoms. The summed E-state index contributed by atoms with van der Waals surface area (Å²) < 4.78 is 24.8. The van der Waals surface area contributed by atoms with Crippen LogP contribution in [0.3, 0.4) is 0 Å². The van der Waals surface area contributed by atoms with Crippen LogP contribution in [0.1, 0.15) is 56.5 Å². The summed E-state index contributed by atoms with van der Waals surface area (Å²) >= 11 is 0. The van der Waals surface area contributed by atoms with Gasteiger partial charge in [-0.15, -0.1) is 0 Å². The fourth-order valence-electron chi connectivity index (χ4n) is 3.07. The van der Waals surface area contributed by atoms with Crippen LogP contribution in [0.4, 0.5) is 9.18 Å². The minimum Gasteiger partial charge on any atom is -0.462 e. The zero-order valence-electron chi connectivity index (χ0n) is 16.2. The fraction of sp³-hybridized carbons (Fsp3) is 0.550. The molecule has 0 bridgehead atoms. The van der Waals surface area contributed by atoms with Gasteiger partial charge >= 0.3 is 12.1 Å². The van der Waals surface area contributed by atoms with E-state index in [-0.39, 0.29) is 43.7 Å². The van der Waals surface area contributed by atoms with Gasteiger partial charge in [0.05, 0.1) is 23.7 Å². The van der Waals surface area contributed by atoms with Crippen LogP contribution in [0.2, 0.25) is 0 Å². The Morgan fingerprint density at radius 1 is 1.30 bits per heavy atom. The predicted octanol–water partition coefficient (Wildman–Crippen LogP) is 3.79. The molecule has 1 aliphatic heterocycles. The smallest absolute Gasteiger partial charge is 0.410 e. The van der Waals surface area contributed by atoms with Crippen LogP contribution in [0, 0.1) is 17.1 Å². The molecule has 0 unspecified atom stereocenters. The number of nitriles is 1. The van der Waals surface area contributed by atoms with E-state index in [1.165, 1.54) is 23.1 Å². The van der Waals surface area contributed by atoms with E-state index in [0.717, 1.165) is 0 Å². The molecule has 1 aromatic rings. The largest absolute Gasteiger partial charge is 0.462 e. The second-order valence-corrected chi connectivity index (χ2v) is 7.58. The number of benzene rings is 1. The number of hydrogen-bond acceptors (Lipinski definition) is 5. The molecule has 1 amide bonds. The van der Waals surface area contributed by atoms with E-state index >= 15 is 0 Å². The molecule has 0 aromatic heterocycles. The summed E-state index contributed by atoms with van der Waals surface area (Å²) in [6, 6.07) is 6.12. The van der Waals surface area contributed by atoms with E-state index in [1.807, 2.05) is 0 Å². The van der Waals surface area contributed by atoms with Crippen molar-refractivity contribution in [1.29, 1.82) is 5.26 Å². The lowest BCUT2D eigenvalue weighted by molar-refractivity contribution is 0.0184. The third-order valence-corrected chi connectivity index (χ3v) is 4.48.